The molecule has 2 heterocycles. The first kappa shape index (κ1) is 32.8. The summed E-state index contributed by atoms with van der Waals surface area (Å²) in [5, 5.41) is 12.9. The van der Waals surface area contributed by atoms with Crippen molar-refractivity contribution in [1.29, 1.82) is 0 Å². The third kappa shape index (κ3) is 4.85. The van der Waals surface area contributed by atoms with Crippen LogP contribution in [0.2, 0.25) is 0 Å². The fourth-order valence-corrected chi connectivity index (χ4v) is 9.86. The Hall–Kier alpha value is -7.42. The fourth-order valence-electron chi connectivity index (χ4n) is 9.86. The molecule has 10 aromatic carbocycles. The molecule has 10 aromatic rings. The van der Waals surface area contributed by atoms with Crippen LogP contribution in [0.1, 0.15) is 22.3 Å². The van der Waals surface area contributed by atoms with Gasteiger partial charge in [0.05, 0.1) is 0 Å². The minimum absolute atomic E-state index is 1.21. The van der Waals surface area contributed by atoms with Crippen LogP contribution in [0.4, 0.5) is 22.7 Å². The molecule has 2 aliphatic rings. The van der Waals surface area contributed by atoms with Crippen molar-refractivity contribution >= 4 is 101 Å². The average molecular weight is 739 g/mol. The van der Waals surface area contributed by atoms with E-state index in [1.807, 2.05) is 0 Å². The lowest BCUT2D eigenvalue weighted by Gasteiger charge is -2.22. The monoisotopic (exact) mass is 738 g/mol. The van der Waals surface area contributed by atoms with Crippen LogP contribution in [-0.4, -0.2) is 14.1 Å². The van der Waals surface area contributed by atoms with E-state index in [0.717, 1.165) is 0 Å². The number of rotatable bonds is 2. The van der Waals surface area contributed by atoms with Gasteiger partial charge < -0.3 is 9.80 Å². The van der Waals surface area contributed by atoms with Crippen molar-refractivity contribution in [1.82, 2.24) is 0 Å². The second-order valence-electron chi connectivity index (χ2n) is 15.8. The first-order valence-corrected chi connectivity index (χ1v) is 20.1. The van der Waals surface area contributed by atoms with E-state index in [1.54, 1.807) is 0 Å². The van der Waals surface area contributed by atoms with Crippen molar-refractivity contribution < 1.29 is 0 Å². The van der Waals surface area contributed by atoms with Crippen molar-refractivity contribution in [3.05, 3.63) is 192 Å². The van der Waals surface area contributed by atoms with Crippen LogP contribution in [0.3, 0.4) is 0 Å². The van der Waals surface area contributed by atoms with Gasteiger partial charge in [0.1, 0.15) is 0 Å². The quantitative estimate of drug-likeness (QED) is 0.163. The van der Waals surface area contributed by atoms with E-state index < -0.39 is 0 Å². The van der Waals surface area contributed by atoms with Crippen LogP contribution in [0.15, 0.2) is 170 Å². The summed E-state index contributed by atoms with van der Waals surface area (Å²) in [6.45, 7) is 0. The molecule has 0 fully saturated rings. The average Bonchev–Trinajstić information content (AvgIpc) is 3.52. The Morgan fingerprint density at radius 3 is 1.05 bits per heavy atom. The highest BCUT2D eigenvalue weighted by Gasteiger charge is 2.20. The van der Waals surface area contributed by atoms with Gasteiger partial charge in [-0.05, 0) is 147 Å². The summed E-state index contributed by atoms with van der Waals surface area (Å²) in [6.07, 6.45) is 9.01. The van der Waals surface area contributed by atoms with Crippen molar-refractivity contribution in [3.63, 3.8) is 0 Å². The summed E-state index contributed by atoms with van der Waals surface area (Å²) in [6, 6.07) is 63.3. The highest BCUT2D eigenvalue weighted by Crippen LogP contribution is 2.47. The molecule has 0 aliphatic carbocycles. The van der Waals surface area contributed by atoms with Crippen molar-refractivity contribution in [2.24, 2.45) is 0 Å². The molecule has 2 heteroatoms. The summed E-state index contributed by atoms with van der Waals surface area (Å²) < 4.78 is 0. The van der Waals surface area contributed by atoms with Crippen LogP contribution in [0.5, 0.6) is 0 Å². The number of nitrogens with zero attached hydrogens (tertiary/aromatic N) is 2. The van der Waals surface area contributed by atoms with Gasteiger partial charge in [-0.15, -0.1) is 0 Å². The Morgan fingerprint density at radius 2 is 0.586 bits per heavy atom. The molecule has 0 atom stereocenters. The summed E-state index contributed by atoms with van der Waals surface area (Å²) in [5.41, 5.74) is 14.6. The summed E-state index contributed by atoms with van der Waals surface area (Å²) in [5.74, 6) is 0. The van der Waals surface area contributed by atoms with E-state index in [9.17, 15) is 0 Å². The predicted octanol–water partition coefficient (Wildman–Crippen LogP) is 15.3. The second-order valence-corrected chi connectivity index (χ2v) is 15.8. The van der Waals surface area contributed by atoms with Gasteiger partial charge in [-0.2, -0.15) is 0 Å². The third-order valence-corrected chi connectivity index (χ3v) is 12.7. The topological polar surface area (TPSA) is 6.48 Å². The van der Waals surface area contributed by atoms with E-state index in [4.69, 9.17) is 0 Å². The predicted molar refractivity (Wildman–Crippen MR) is 252 cm³/mol. The molecule has 0 unspecified atom stereocenters. The highest BCUT2D eigenvalue weighted by atomic mass is 15.1. The number of hydrogen-bond acceptors (Lipinski definition) is 2. The molecule has 0 saturated carbocycles. The summed E-state index contributed by atoms with van der Waals surface area (Å²) in [7, 11) is 4.33. The Bertz CT molecular complexity index is 3210. The number of para-hydroxylation sites is 2. The van der Waals surface area contributed by atoms with E-state index in [2.05, 4.69) is 218 Å². The molecular formula is C56H38N2. The molecule has 2 aliphatic heterocycles. The van der Waals surface area contributed by atoms with Crippen molar-refractivity contribution in [2.75, 3.05) is 23.9 Å². The molecular weight excluding hydrogens is 701 g/mol. The minimum atomic E-state index is 1.21. The number of anilines is 4. The van der Waals surface area contributed by atoms with E-state index in [-0.39, 0.29) is 0 Å². The molecule has 0 bridgehead atoms. The molecule has 0 amide bonds. The largest absolute Gasteiger partial charge is 0.344 e. The van der Waals surface area contributed by atoms with E-state index >= 15 is 0 Å². The van der Waals surface area contributed by atoms with Crippen LogP contribution in [0, 0.1) is 0 Å². The van der Waals surface area contributed by atoms with Gasteiger partial charge in [0.25, 0.3) is 0 Å². The number of benzene rings is 10. The molecule has 0 N–H and O–H groups in total. The molecule has 12 rings (SSSR count). The zero-order valence-electron chi connectivity index (χ0n) is 32.4. The first-order valence-electron chi connectivity index (χ1n) is 20.1. The first-order chi connectivity index (χ1) is 28.6. The molecule has 58 heavy (non-hydrogen) atoms. The molecule has 0 radical (unpaired) electrons. The molecule has 2 nitrogen and oxygen atoms in total. The maximum Gasteiger partial charge on any atom is 0.0482 e. The number of hydrogen-bond donors (Lipinski definition) is 0. The SMILES string of the molecule is CN1c2ccccc2C=Cc2cc(-c3ccc4c5ccccc5c5c6cc(-c7ccc8c(c7)C=Cc7ccccc7N8C)ccc6c6ccccc6c5c4c3)ccc21. The Labute approximate surface area is 337 Å². The minimum Gasteiger partial charge on any atom is -0.344 e. The highest BCUT2D eigenvalue weighted by molar-refractivity contribution is 6.39. The third-order valence-electron chi connectivity index (χ3n) is 12.7. The van der Waals surface area contributed by atoms with Gasteiger partial charge in [-0.1, -0.05) is 146 Å². The van der Waals surface area contributed by atoms with Crippen LogP contribution >= 0.6 is 0 Å². The molecule has 0 aromatic heterocycles. The van der Waals surface area contributed by atoms with Gasteiger partial charge in [0.15, 0.2) is 0 Å². The van der Waals surface area contributed by atoms with Crippen molar-refractivity contribution in [2.45, 2.75) is 0 Å². The summed E-state index contributed by atoms with van der Waals surface area (Å²) in [4.78, 5) is 4.61. The number of fused-ring (bicyclic) bond motifs is 15. The van der Waals surface area contributed by atoms with Gasteiger partial charge in [0.2, 0.25) is 0 Å². The zero-order valence-corrected chi connectivity index (χ0v) is 32.4. The Kier molecular flexibility index (Phi) is 7.09. The zero-order chi connectivity index (χ0) is 38.5. The van der Waals surface area contributed by atoms with E-state index in [0.29, 0.717) is 0 Å². The lowest BCUT2D eigenvalue weighted by Crippen LogP contribution is -2.11. The lowest BCUT2D eigenvalue weighted by atomic mass is 9.85. The van der Waals surface area contributed by atoms with Crippen LogP contribution in [0.25, 0.3) is 100 Å². The smallest absolute Gasteiger partial charge is 0.0482 e. The maximum absolute atomic E-state index is 2.44. The standard InChI is InChI=1S/C56H38N2/c1-57-51-17-9-3-11-35(51)19-21-41-31-37(25-29-53(41)57)39-23-27-45-43-13-5-8-16-48(43)56-50-34-40(24-28-46(50)44-14-6-7-15-47(44)55(56)49(45)33-39)38-26-30-54-42(32-38)22-20-36-12-4-10-18-52(36)58(54)2/h3-34H,1-2H3. The lowest BCUT2D eigenvalue weighted by molar-refractivity contribution is 1.20. The normalized spacial score (nSPS) is 13.1. The molecule has 272 valence electrons. The van der Waals surface area contributed by atoms with Gasteiger partial charge in [-0.3, -0.25) is 0 Å². The summed E-state index contributed by atoms with van der Waals surface area (Å²) >= 11 is 0. The van der Waals surface area contributed by atoms with Gasteiger partial charge in [0, 0.05) is 36.8 Å². The van der Waals surface area contributed by atoms with Crippen LogP contribution < -0.4 is 9.80 Å². The molecule has 0 spiro atoms. The Morgan fingerprint density at radius 1 is 0.259 bits per heavy atom. The van der Waals surface area contributed by atoms with Crippen molar-refractivity contribution in [3.8, 4) is 22.3 Å². The second kappa shape index (κ2) is 12.5. The van der Waals surface area contributed by atoms with Gasteiger partial charge in [-0.25, -0.2) is 0 Å². The Balaban J connectivity index is 1.09. The molecule has 0 saturated heterocycles. The van der Waals surface area contributed by atoms with Crippen LogP contribution in [-0.2, 0) is 0 Å². The maximum atomic E-state index is 2.44. The van der Waals surface area contributed by atoms with E-state index in [1.165, 1.54) is 121 Å². The van der Waals surface area contributed by atoms with Gasteiger partial charge >= 0.3 is 0 Å². The fraction of sp³-hybridized carbons (Fsp3) is 0.0357.